The molecule has 0 aromatic heterocycles. The molecule has 1 aliphatic heterocycles. The van der Waals surface area contributed by atoms with Crippen LogP contribution in [0.1, 0.15) is 26.7 Å². The van der Waals surface area contributed by atoms with Gasteiger partial charge in [0, 0.05) is 26.0 Å². The van der Waals surface area contributed by atoms with Crippen LogP contribution in [-0.4, -0.2) is 29.6 Å². The Hall–Kier alpha value is -0.220. The van der Waals surface area contributed by atoms with E-state index in [9.17, 15) is 0 Å². The monoisotopic (exact) mass is 251 g/mol. The van der Waals surface area contributed by atoms with Crippen molar-refractivity contribution in [1.29, 1.82) is 0 Å². The molecule has 4 heteroatoms. The van der Waals surface area contributed by atoms with Gasteiger partial charge in [0.2, 0.25) is 0 Å². The summed E-state index contributed by atoms with van der Waals surface area (Å²) in [6.45, 7) is 5.66. The largest absolute Gasteiger partial charge is 0.359 e. The summed E-state index contributed by atoms with van der Waals surface area (Å²) < 4.78 is 0. The van der Waals surface area contributed by atoms with Crippen molar-refractivity contribution in [3.8, 4) is 0 Å². The summed E-state index contributed by atoms with van der Waals surface area (Å²) in [5.74, 6) is 0. The maximum atomic E-state index is 2.38. The Bertz CT molecular complexity index is 150. The summed E-state index contributed by atoms with van der Waals surface area (Å²) in [5.41, 5.74) is 0. The molecule has 3 nitrogen and oxygen atoms in total. The first-order valence-corrected chi connectivity index (χ1v) is 4.41. The molecule has 1 heterocycles. The molecule has 1 unspecified atom stereocenters. The highest BCUT2D eigenvalue weighted by molar-refractivity contribution is 8.93. The molecule has 0 saturated heterocycles. The van der Waals surface area contributed by atoms with Gasteiger partial charge in [0.25, 0.3) is 0 Å². The summed E-state index contributed by atoms with van der Waals surface area (Å²) in [6.07, 6.45) is 7.45. The lowest BCUT2D eigenvalue weighted by molar-refractivity contribution is 0.193. The maximum Gasteiger partial charge on any atom is 0.0974 e. The van der Waals surface area contributed by atoms with Crippen LogP contribution in [0.15, 0.2) is 12.4 Å². The van der Waals surface area contributed by atoms with Crippen molar-refractivity contribution in [2.75, 3.05) is 13.6 Å². The molecular formula is C9H22BrN3. The second-order valence-corrected chi connectivity index (χ2v) is 3.19. The third-order valence-corrected chi connectivity index (χ3v) is 2.33. The molecule has 0 amide bonds. The van der Waals surface area contributed by atoms with Gasteiger partial charge in [-0.15, -0.1) is 17.0 Å². The molecule has 0 saturated carbocycles. The highest BCUT2D eigenvalue weighted by Crippen LogP contribution is 2.13. The highest BCUT2D eigenvalue weighted by Gasteiger charge is 2.16. The highest BCUT2D eigenvalue weighted by atomic mass is 79.9. The predicted molar refractivity (Wildman–Crippen MR) is 63.3 cm³/mol. The summed E-state index contributed by atoms with van der Waals surface area (Å²) in [4.78, 5) is 4.61. The van der Waals surface area contributed by atoms with E-state index in [-0.39, 0.29) is 23.1 Å². The van der Waals surface area contributed by atoms with Crippen LogP contribution in [0.2, 0.25) is 0 Å². The van der Waals surface area contributed by atoms with Crippen LogP contribution < -0.4 is 6.15 Å². The van der Waals surface area contributed by atoms with Crippen molar-refractivity contribution in [2.45, 2.75) is 32.9 Å². The number of hydrogen-bond acceptors (Lipinski definition) is 3. The molecule has 13 heavy (non-hydrogen) atoms. The topological polar surface area (TPSA) is 41.5 Å². The maximum absolute atomic E-state index is 2.38. The van der Waals surface area contributed by atoms with Crippen LogP contribution >= 0.6 is 17.0 Å². The van der Waals surface area contributed by atoms with E-state index in [2.05, 4.69) is 43.1 Å². The lowest BCUT2D eigenvalue weighted by Crippen LogP contribution is -2.33. The number of nitrogens with zero attached hydrogens (tertiary/aromatic N) is 2. The van der Waals surface area contributed by atoms with Crippen LogP contribution in [0.25, 0.3) is 0 Å². The smallest absolute Gasteiger partial charge is 0.0974 e. The molecule has 1 atom stereocenters. The Morgan fingerprint density at radius 3 is 2.31 bits per heavy atom. The Morgan fingerprint density at radius 1 is 1.31 bits per heavy atom. The van der Waals surface area contributed by atoms with E-state index in [1.807, 2.05) is 0 Å². The van der Waals surface area contributed by atoms with E-state index in [4.69, 9.17) is 0 Å². The van der Waals surface area contributed by atoms with E-state index in [1.165, 1.54) is 19.4 Å². The Balaban J connectivity index is 0. The number of unbranched alkanes of at least 4 members (excludes halogenated alkanes) is 1. The summed E-state index contributed by atoms with van der Waals surface area (Å²) in [5, 5.41) is 0. The molecule has 0 bridgehead atoms. The third-order valence-electron chi connectivity index (χ3n) is 2.33. The van der Waals surface area contributed by atoms with Crippen LogP contribution in [0.4, 0.5) is 0 Å². The molecule has 0 aromatic rings. The molecule has 0 aromatic carbocycles. The minimum absolute atomic E-state index is 0. The van der Waals surface area contributed by atoms with Crippen molar-refractivity contribution in [2.24, 2.45) is 0 Å². The first-order chi connectivity index (χ1) is 5.25. The van der Waals surface area contributed by atoms with Crippen LogP contribution in [0, 0.1) is 0 Å². The van der Waals surface area contributed by atoms with E-state index in [0.29, 0.717) is 6.17 Å². The van der Waals surface area contributed by atoms with Gasteiger partial charge < -0.3 is 16.0 Å². The fourth-order valence-electron chi connectivity index (χ4n) is 1.28. The van der Waals surface area contributed by atoms with Gasteiger partial charge in [-0.25, -0.2) is 0 Å². The number of halogens is 1. The number of hydrogen-bond donors (Lipinski definition) is 1. The first kappa shape index (κ1) is 15.3. The van der Waals surface area contributed by atoms with Gasteiger partial charge in [0.05, 0.1) is 6.17 Å². The molecule has 0 aliphatic carbocycles. The van der Waals surface area contributed by atoms with Crippen molar-refractivity contribution in [3.63, 3.8) is 0 Å². The Kier molecular flexibility index (Phi) is 8.46. The molecular weight excluding hydrogens is 230 g/mol. The van der Waals surface area contributed by atoms with E-state index < -0.39 is 0 Å². The molecule has 0 spiro atoms. The van der Waals surface area contributed by atoms with Crippen molar-refractivity contribution in [3.05, 3.63) is 12.4 Å². The Morgan fingerprint density at radius 2 is 1.92 bits per heavy atom. The molecule has 0 fully saturated rings. The van der Waals surface area contributed by atoms with Crippen molar-refractivity contribution in [1.82, 2.24) is 16.0 Å². The molecule has 0 radical (unpaired) electrons. The molecule has 3 N–H and O–H groups in total. The van der Waals surface area contributed by atoms with Gasteiger partial charge in [0.1, 0.15) is 0 Å². The second-order valence-electron chi connectivity index (χ2n) is 3.19. The molecule has 80 valence electrons. The average molecular weight is 252 g/mol. The second kappa shape index (κ2) is 7.21. The van der Waals surface area contributed by atoms with Gasteiger partial charge in [-0.05, 0) is 13.3 Å². The summed E-state index contributed by atoms with van der Waals surface area (Å²) >= 11 is 0. The number of rotatable bonds is 3. The quantitative estimate of drug-likeness (QED) is 0.839. The zero-order valence-electron chi connectivity index (χ0n) is 8.86. The van der Waals surface area contributed by atoms with Crippen LogP contribution in [0.3, 0.4) is 0 Å². The predicted octanol–water partition coefficient (Wildman–Crippen LogP) is 2.59. The summed E-state index contributed by atoms with van der Waals surface area (Å²) in [6, 6.07) is 0. The first-order valence-electron chi connectivity index (χ1n) is 4.41. The molecule has 1 rings (SSSR count). The van der Waals surface area contributed by atoms with Crippen LogP contribution in [-0.2, 0) is 0 Å². The lowest BCUT2D eigenvalue weighted by atomic mass is 10.3. The van der Waals surface area contributed by atoms with Crippen LogP contribution in [0.5, 0.6) is 0 Å². The zero-order valence-corrected chi connectivity index (χ0v) is 10.6. The average Bonchev–Trinajstić information content (AvgIpc) is 2.31. The minimum Gasteiger partial charge on any atom is -0.359 e. The van der Waals surface area contributed by atoms with E-state index in [0.717, 1.165) is 0 Å². The van der Waals surface area contributed by atoms with Gasteiger partial charge in [-0.1, -0.05) is 13.3 Å². The van der Waals surface area contributed by atoms with Gasteiger partial charge >= 0.3 is 0 Å². The SMILES string of the molecule is Br.CCCCN1C=CN(C)C1C.N. The molecule has 1 aliphatic rings. The third kappa shape index (κ3) is 4.00. The summed E-state index contributed by atoms with van der Waals surface area (Å²) in [7, 11) is 2.12. The van der Waals surface area contributed by atoms with Gasteiger partial charge in [0.15, 0.2) is 0 Å². The Labute approximate surface area is 92.1 Å². The fourth-order valence-corrected chi connectivity index (χ4v) is 1.28. The normalized spacial score (nSPS) is 19.8. The van der Waals surface area contributed by atoms with Crippen molar-refractivity contribution >= 4 is 17.0 Å². The van der Waals surface area contributed by atoms with Gasteiger partial charge in [-0.2, -0.15) is 0 Å². The zero-order chi connectivity index (χ0) is 8.27. The fraction of sp³-hybridized carbons (Fsp3) is 0.778. The van der Waals surface area contributed by atoms with E-state index >= 15 is 0 Å². The minimum atomic E-state index is 0. The lowest BCUT2D eigenvalue weighted by Gasteiger charge is -2.26. The van der Waals surface area contributed by atoms with Crippen molar-refractivity contribution < 1.29 is 0 Å². The van der Waals surface area contributed by atoms with E-state index in [1.54, 1.807) is 0 Å². The standard InChI is InChI=1S/C9H18N2.BrH.H3N/c1-4-5-6-11-8-7-10(3)9(11)2;;/h7-9H,4-6H2,1-3H3;1H;1H3. The van der Waals surface area contributed by atoms with Gasteiger partial charge in [-0.3, -0.25) is 0 Å².